The number of nitrogens with one attached hydrogen (secondary N) is 1. The van der Waals surface area contributed by atoms with E-state index in [0.717, 1.165) is 13.1 Å². The summed E-state index contributed by atoms with van der Waals surface area (Å²) < 4.78 is 0. The third-order valence-electron chi connectivity index (χ3n) is 3.28. The summed E-state index contributed by atoms with van der Waals surface area (Å²) in [5.41, 5.74) is 3.56. The second kappa shape index (κ2) is 6.46. The average molecular weight is 265 g/mol. The molecule has 0 aromatic carbocycles. The SMILES string of the molecule is NNc1cnccc1C(=O)N1CCN(CCO)CC1. The summed E-state index contributed by atoms with van der Waals surface area (Å²) in [6, 6.07) is 1.66. The summed E-state index contributed by atoms with van der Waals surface area (Å²) in [6.07, 6.45) is 3.12. The lowest BCUT2D eigenvalue weighted by atomic mass is 10.2. The second-order valence-corrected chi connectivity index (χ2v) is 4.42. The second-order valence-electron chi connectivity index (χ2n) is 4.42. The van der Waals surface area contributed by atoms with Crippen LogP contribution in [-0.4, -0.2) is 65.1 Å². The summed E-state index contributed by atoms with van der Waals surface area (Å²) >= 11 is 0. The topological polar surface area (TPSA) is 94.7 Å². The number of hydrogen-bond acceptors (Lipinski definition) is 6. The van der Waals surface area contributed by atoms with Gasteiger partial charge in [-0.05, 0) is 6.07 Å². The van der Waals surface area contributed by atoms with Gasteiger partial charge in [-0.3, -0.25) is 20.5 Å². The molecule has 1 fully saturated rings. The van der Waals surface area contributed by atoms with Gasteiger partial charge in [0.25, 0.3) is 5.91 Å². The highest BCUT2D eigenvalue weighted by molar-refractivity contribution is 5.99. The Kier molecular flexibility index (Phi) is 4.67. The Morgan fingerprint density at radius 2 is 2.16 bits per heavy atom. The van der Waals surface area contributed by atoms with Crippen LogP contribution in [0.5, 0.6) is 0 Å². The van der Waals surface area contributed by atoms with Gasteiger partial charge >= 0.3 is 0 Å². The number of nitrogens with zero attached hydrogens (tertiary/aromatic N) is 3. The van der Waals surface area contributed by atoms with Crippen molar-refractivity contribution in [3.63, 3.8) is 0 Å². The highest BCUT2D eigenvalue weighted by Crippen LogP contribution is 2.15. The van der Waals surface area contributed by atoms with Gasteiger partial charge in [-0.25, -0.2) is 0 Å². The highest BCUT2D eigenvalue weighted by Gasteiger charge is 2.23. The standard InChI is InChI=1S/C12H19N5O2/c13-15-11-9-14-2-1-10(11)12(19)17-5-3-16(4-6-17)7-8-18/h1-2,9,15,18H,3-8,13H2. The molecule has 1 amide bonds. The third kappa shape index (κ3) is 3.19. The molecule has 1 aromatic rings. The molecule has 0 aliphatic carbocycles. The maximum Gasteiger partial charge on any atom is 0.256 e. The Bertz CT molecular complexity index is 432. The number of hydrogen-bond donors (Lipinski definition) is 3. The molecule has 0 unspecified atom stereocenters. The number of piperazine rings is 1. The monoisotopic (exact) mass is 265 g/mol. The number of nitrogen functional groups attached to an aromatic ring is 1. The number of aliphatic hydroxyl groups excluding tert-OH is 1. The molecule has 2 rings (SSSR count). The molecule has 7 heteroatoms. The van der Waals surface area contributed by atoms with Crippen molar-refractivity contribution in [1.82, 2.24) is 14.8 Å². The van der Waals surface area contributed by atoms with Gasteiger partial charge in [-0.15, -0.1) is 0 Å². The molecule has 104 valence electrons. The van der Waals surface area contributed by atoms with Crippen molar-refractivity contribution >= 4 is 11.6 Å². The number of aromatic nitrogens is 1. The van der Waals surface area contributed by atoms with Gasteiger partial charge in [-0.2, -0.15) is 0 Å². The zero-order valence-electron chi connectivity index (χ0n) is 10.7. The number of hydrazine groups is 1. The van der Waals surface area contributed by atoms with Crippen LogP contribution in [0.2, 0.25) is 0 Å². The van der Waals surface area contributed by atoms with Crippen LogP contribution in [0.15, 0.2) is 18.5 Å². The predicted octanol–water partition coefficient (Wildman–Crippen LogP) is -0.883. The predicted molar refractivity (Wildman–Crippen MR) is 71.5 cm³/mol. The molecule has 1 saturated heterocycles. The van der Waals surface area contributed by atoms with E-state index >= 15 is 0 Å². The maximum atomic E-state index is 12.4. The first-order valence-electron chi connectivity index (χ1n) is 6.29. The Hall–Kier alpha value is -1.70. The Morgan fingerprint density at radius 3 is 2.79 bits per heavy atom. The van der Waals surface area contributed by atoms with E-state index in [0.29, 0.717) is 30.9 Å². The molecule has 1 aliphatic rings. The Labute approximate surface area is 112 Å². The molecular weight excluding hydrogens is 246 g/mol. The van der Waals surface area contributed by atoms with Crippen LogP contribution in [0, 0.1) is 0 Å². The number of β-amino-alcohol motifs (C(OH)–C–C–N with tert-alkyl or cyclic N) is 1. The van der Waals surface area contributed by atoms with Crippen molar-refractivity contribution in [1.29, 1.82) is 0 Å². The van der Waals surface area contributed by atoms with Crippen LogP contribution in [0.3, 0.4) is 0 Å². The van der Waals surface area contributed by atoms with E-state index in [-0.39, 0.29) is 12.5 Å². The Morgan fingerprint density at radius 1 is 1.42 bits per heavy atom. The van der Waals surface area contributed by atoms with Gasteiger partial charge in [0.05, 0.1) is 24.1 Å². The number of pyridine rings is 1. The zero-order chi connectivity index (χ0) is 13.7. The van der Waals surface area contributed by atoms with E-state index in [2.05, 4.69) is 15.3 Å². The molecule has 0 bridgehead atoms. The Balaban J connectivity index is 2.01. The number of aliphatic hydroxyl groups is 1. The molecule has 0 spiro atoms. The van der Waals surface area contributed by atoms with Crippen LogP contribution in [0.25, 0.3) is 0 Å². The van der Waals surface area contributed by atoms with Crippen LogP contribution in [0.4, 0.5) is 5.69 Å². The molecule has 2 heterocycles. The van der Waals surface area contributed by atoms with Gasteiger partial charge in [0.15, 0.2) is 0 Å². The van der Waals surface area contributed by atoms with E-state index in [1.807, 2.05) is 0 Å². The van der Waals surface area contributed by atoms with Crippen molar-refractivity contribution in [2.75, 3.05) is 44.8 Å². The summed E-state index contributed by atoms with van der Waals surface area (Å²) in [5.74, 6) is 5.34. The fraction of sp³-hybridized carbons (Fsp3) is 0.500. The van der Waals surface area contributed by atoms with Gasteiger partial charge in [0, 0.05) is 38.9 Å². The molecule has 1 aliphatic heterocycles. The fourth-order valence-electron chi connectivity index (χ4n) is 2.18. The number of rotatable bonds is 4. The first-order valence-corrected chi connectivity index (χ1v) is 6.29. The molecule has 7 nitrogen and oxygen atoms in total. The van der Waals surface area contributed by atoms with Crippen LogP contribution in [0.1, 0.15) is 10.4 Å². The molecule has 0 saturated carbocycles. The number of nitrogens with two attached hydrogens (primary N) is 1. The average Bonchev–Trinajstić information content (AvgIpc) is 2.47. The highest BCUT2D eigenvalue weighted by atomic mass is 16.3. The number of amides is 1. The largest absolute Gasteiger partial charge is 0.395 e. The molecular formula is C12H19N5O2. The summed E-state index contributed by atoms with van der Waals surface area (Å²) in [6.45, 7) is 3.69. The van der Waals surface area contributed by atoms with E-state index in [9.17, 15) is 4.79 Å². The third-order valence-corrected chi connectivity index (χ3v) is 3.28. The molecule has 4 N–H and O–H groups in total. The maximum absolute atomic E-state index is 12.4. The number of anilines is 1. The summed E-state index contributed by atoms with van der Waals surface area (Å²) in [4.78, 5) is 20.2. The first kappa shape index (κ1) is 13.7. The van der Waals surface area contributed by atoms with Crippen molar-refractivity contribution in [2.24, 2.45) is 5.84 Å². The van der Waals surface area contributed by atoms with Crippen molar-refractivity contribution in [3.8, 4) is 0 Å². The van der Waals surface area contributed by atoms with Crippen molar-refractivity contribution < 1.29 is 9.90 Å². The first-order chi connectivity index (χ1) is 9.26. The molecule has 0 atom stereocenters. The lowest BCUT2D eigenvalue weighted by Gasteiger charge is -2.34. The van der Waals surface area contributed by atoms with Crippen LogP contribution < -0.4 is 11.3 Å². The van der Waals surface area contributed by atoms with Crippen LogP contribution in [-0.2, 0) is 0 Å². The zero-order valence-corrected chi connectivity index (χ0v) is 10.7. The minimum Gasteiger partial charge on any atom is -0.395 e. The lowest BCUT2D eigenvalue weighted by Crippen LogP contribution is -2.49. The summed E-state index contributed by atoms with van der Waals surface area (Å²) in [7, 11) is 0. The van der Waals surface area contributed by atoms with E-state index in [1.54, 1.807) is 17.2 Å². The quantitative estimate of drug-likeness (QED) is 0.483. The summed E-state index contributed by atoms with van der Waals surface area (Å²) in [5, 5.41) is 8.89. The molecule has 19 heavy (non-hydrogen) atoms. The van der Waals surface area contributed by atoms with Gasteiger partial charge in [0.2, 0.25) is 0 Å². The van der Waals surface area contributed by atoms with Crippen molar-refractivity contribution in [2.45, 2.75) is 0 Å². The molecule has 0 radical (unpaired) electrons. The van der Waals surface area contributed by atoms with Gasteiger partial charge in [-0.1, -0.05) is 0 Å². The van der Waals surface area contributed by atoms with E-state index in [1.165, 1.54) is 6.20 Å². The minimum absolute atomic E-state index is 0.0426. The number of carbonyl (C=O) groups is 1. The fourth-order valence-corrected chi connectivity index (χ4v) is 2.18. The smallest absolute Gasteiger partial charge is 0.256 e. The van der Waals surface area contributed by atoms with E-state index < -0.39 is 0 Å². The van der Waals surface area contributed by atoms with E-state index in [4.69, 9.17) is 10.9 Å². The normalized spacial score (nSPS) is 16.4. The van der Waals surface area contributed by atoms with Crippen LogP contribution >= 0.6 is 0 Å². The number of carbonyl (C=O) groups excluding carboxylic acids is 1. The van der Waals surface area contributed by atoms with Crippen molar-refractivity contribution in [3.05, 3.63) is 24.0 Å². The lowest BCUT2D eigenvalue weighted by molar-refractivity contribution is 0.0616. The molecule has 1 aromatic heterocycles. The minimum atomic E-state index is -0.0426. The van der Waals surface area contributed by atoms with Gasteiger partial charge in [0.1, 0.15) is 0 Å². The van der Waals surface area contributed by atoms with Gasteiger partial charge < -0.3 is 15.4 Å².